The molecule has 3 N–H and O–H groups in total. The van der Waals surface area contributed by atoms with Gasteiger partial charge in [0.25, 0.3) is 0 Å². The Kier molecular flexibility index (Phi) is 4.55. The molecule has 1 heterocycles. The first-order valence-electron chi connectivity index (χ1n) is 8.02. The van der Waals surface area contributed by atoms with E-state index in [-0.39, 0.29) is 17.9 Å². The van der Waals surface area contributed by atoms with Crippen molar-refractivity contribution in [3.8, 4) is 17.2 Å². The molecule has 0 spiro atoms. The van der Waals surface area contributed by atoms with Crippen LogP contribution in [0.4, 0.5) is 0 Å². The van der Waals surface area contributed by atoms with E-state index in [2.05, 4.69) is 5.32 Å². The van der Waals surface area contributed by atoms with Crippen molar-refractivity contribution in [2.75, 3.05) is 20.8 Å². The molecule has 0 bridgehead atoms. The van der Waals surface area contributed by atoms with Gasteiger partial charge in [0.15, 0.2) is 11.5 Å². The van der Waals surface area contributed by atoms with Crippen molar-refractivity contribution in [3.63, 3.8) is 0 Å². The number of fused-ring (bicyclic) bond motifs is 1. The molecule has 6 heteroatoms. The van der Waals surface area contributed by atoms with Crippen molar-refractivity contribution in [1.82, 2.24) is 5.32 Å². The highest BCUT2D eigenvalue weighted by Crippen LogP contribution is 2.39. The number of aromatic hydroxyl groups is 1. The van der Waals surface area contributed by atoms with E-state index in [1.54, 1.807) is 19.2 Å². The maximum absolute atomic E-state index is 12.3. The summed E-state index contributed by atoms with van der Waals surface area (Å²) in [4.78, 5) is 12.3. The van der Waals surface area contributed by atoms with Crippen LogP contribution in [-0.4, -0.2) is 36.9 Å². The number of carboxylic acid groups (broad SMARTS) is 1. The monoisotopic (exact) mass is 343 g/mol. The van der Waals surface area contributed by atoms with Gasteiger partial charge in [-0.3, -0.25) is 5.32 Å². The molecule has 1 aliphatic heterocycles. The van der Waals surface area contributed by atoms with Crippen LogP contribution in [0.2, 0.25) is 0 Å². The molecule has 132 valence electrons. The Hall–Kier alpha value is -2.73. The molecule has 3 rings (SSSR count). The fourth-order valence-electron chi connectivity index (χ4n) is 3.36. The van der Waals surface area contributed by atoms with Gasteiger partial charge in [0, 0.05) is 13.0 Å². The quantitative estimate of drug-likeness (QED) is 0.770. The highest BCUT2D eigenvalue weighted by Gasteiger charge is 2.44. The first-order valence-corrected chi connectivity index (χ1v) is 8.02. The summed E-state index contributed by atoms with van der Waals surface area (Å²) < 4.78 is 10.3. The Balaban J connectivity index is 2.08. The molecule has 6 nitrogen and oxygen atoms in total. The number of hydrogen-bond acceptors (Lipinski definition) is 5. The standard InChI is InChI=1S/C19H21NO5/c1-24-14-5-3-12(4-6-14)11-19(18(22)23)15-10-17(25-2)16(21)9-13(15)7-8-20-19/h3-6,9-10,20-21H,7-8,11H2,1-2H3,(H,22,23)/t19-/m0/s1. The van der Waals surface area contributed by atoms with Crippen molar-refractivity contribution >= 4 is 5.97 Å². The number of benzene rings is 2. The smallest absolute Gasteiger partial charge is 0.328 e. The van der Waals surface area contributed by atoms with Crippen LogP contribution < -0.4 is 14.8 Å². The zero-order valence-corrected chi connectivity index (χ0v) is 14.2. The third kappa shape index (κ3) is 3.00. The SMILES string of the molecule is COc1ccc(C[C@]2(C(=O)O)NCCc3cc(O)c(OC)cc32)cc1. The van der Waals surface area contributed by atoms with Gasteiger partial charge < -0.3 is 19.7 Å². The second-order valence-corrected chi connectivity index (χ2v) is 6.09. The number of nitrogens with one attached hydrogen (secondary N) is 1. The van der Waals surface area contributed by atoms with Gasteiger partial charge in [-0.25, -0.2) is 4.79 Å². The van der Waals surface area contributed by atoms with Gasteiger partial charge >= 0.3 is 5.97 Å². The Labute approximate surface area is 146 Å². The van der Waals surface area contributed by atoms with Crippen LogP contribution in [0.1, 0.15) is 16.7 Å². The Bertz CT molecular complexity index is 787. The van der Waals surface area contributed by atoms with Gasteiger partial charge in [-0.05, 0) is 47.4 Å². The van der Waals surface area contributed by atoms with Gasteiger partial charge in [0.05, 0.1) is 14.2 Å². The lowest BCUT2D eigenvalue weighted by Gasteiger charge is -2.37. The summed E-state index contributed by atoms with van der Waals surface area (Å²) in [5.74, 6) is 0.0448. The van der Waals surface area contributed by atoms with Crippen molar-refractivity contribution < 1.29 is 24.5 Å². The van der Waals surface area contributed by atoms with Crippen LogP contribution >= 0.6 is 0 Å². The second-order valence-electron chi connectivity index (χ2n) is 6.09. The third-order valence-electron chi connectivity index (χ3n) is 4.68. The van der Waals surface area contributed by atoms with Gasteiger partial charge in [0.1, 0.15) is 11.3 Å². The second kappa shape index (κ2) is 6.64. The maximum Gasteiger partial charge on any atom is 0.328 e. The number of hydrogen-bond donors (Lipinski definition) is 3. The zero-order valence-electron chi connectivity index (χ0n) is 14.2. The average molecular weight is 343 g/mol. The first kappa shape index (κ1) is 17.1. The number of carboxylic acids is 1. The third-order valence-corrected chi connectivity index (χ3v) is 4.68. The Morgan fingerprint density at radius 2 is 1.92 bits per heavy atom. The lowest BCUT2D eigenvalue weighted by molar-refractivity contribution is -0.145. The Morgan fingerprint density at radius 1 is 1.20 bits per heavy atom. The zero-order chi connectivity index (χ0) is 18.0. The topological polar surface area (TPSA) is 88.0 Å². The van der Waals surface area contributed by atoms with Crippen LogP contribution in [0.15, 0.2) is 36.4 Å². The van der Waals surface area contributed by atoms with E-state index >= 15 is 0 Å². The predicted molar refractivity (Wildman–Crippen MR) is 92.4 cm³/mol. The minimum atomic E-state index is -1.27. The first-order chi connectivity index (χ1) is 12.0. The summed E-state index contributed by atoms with van der Waals surface area (Å²) in [5.41, 5.74) is 1.03. The molecule has 0 fully saturated rings. The highest BCUT2D eigenvalue weighted by molar-refractivity contribution is 5.83. The summed E-state index contributed by atoms with van der Waals surface area (Å²) in [5, 5.41) is 23.2. The summed E-state index contributed by atoms with van der Waals surface area (Å²) in [6.45, 7) is 0.515. The number of phenolic OH excluding ortho intramolecular Hbond substituents is 1. The van der Waals surface area contributed by atoms with Crippen LogP contribution in [0.5, 0.6) is 17.2 Å². The van der Waals surface area contributed by atoms with E-state index in [0.717, 1.165) is 16.9 Å². The predicted octanol–water partition coefficient (Wildman–Crippen LogP) is 2.08. The molecule has 0 unspecified atom stereocenters. The summed E-state index contributed by atoms with van der Waals surface area (Å²) in [6.07, 6.45) is 0.914. The van der Waals surface area contributed by atoms with E-state index in [4.69, 9.17) is 9.47 Å². The number of ether oxygens (including phenoxy) is 2. The minimum Gasteiger partial charge on any atom is -0.504 e. The molecule has 0 aliphatic carbocycles. The van der Waals surface area contributed by atoms with E-state index in [1.807, 2.05) is 24.3 Å². The van der Waals surface area contributed by atoms with Crippen molar-refractivity contribution in [3.05, 3.63) is 53.1 Å². The van der Waals surface area contributed by atoms with E-state index in [0.29, 0.717) is 18.5 Å². The number of aliphatic carboxylic acids is 1. The van der Waals surface area contributed by atoms with Crippen LogP contribution in [0.3, 0.4) is 0 Å². The lowest BCUT2D eigenvalue weighted by Crippen LogP contribution is -2.54. The van der Waals surface area contributed by atoms with Gasteiger partial charge in [-0.2, -0.15) is 0 Å². The van der Waals surface area contributed by atoms with Crippen molar-refractivity contribution in [2.45, 2.75) is 18.4 Å². The molecule has 0 saturated carbocycles. The maximum atomic E-state index is 12.3. The fourth-order valence-corrected chi connectivity index (χ4v) is 3.36. The van der Waals surface area contributed by atoms with Crippen molar-refractivity contribution in [1.29, 1.82) is 0 Å². The minimum absolute atomic E-state index is 0.0203. The number of carbonyl (C=O) groups is 1. The molecular weight excluding hydrogens is 322 g/mol. The van der Waals surface area contributed by atoms with Gasteiger partial charge in [-0.1, -0.05) is 12.1 Å². The van der Waals surface area contributed by atoms with E-state index in [9.17, 15) is 15.0 Å². The van der Waals surface area contributed by atoms with Crippen molar-refractivity contribution in [2.24, 2.45) is 0 Å². The summed E-state index contributed by atoms with van der Waals surface area (Å²) in [6, 6.07) is 10.6. The molecule has 0 radical (unpaired) electrons. The molecule has 0 amide bonds. The molecule has 25 heavy (non-hydrogen) atoms. The number of methoxy groups -OCH3 is 2. The highest BCUT2D eigenvalue weighted by atomic mass is 16.5. The lowest BCUT2D eigenvalue weighted by atomic mass is 9.78. The molecule has 2 aromatic carbocycles. The molecule has 1 atom stereocenters. The van der Waals surface area contributed by atoms with Gasteiger partial charge in [0.2, 0.25) is 0 Å². The molecule has 0 aromatic heterocycles. The number of phenols is 1. The average Bonchev–Trinajstić information content (AvgIpc) is 2.61. The van der Waals surface area contributed by atoms with Crippen LogP contribution in [-0.2, 0) is 23.2 Å². The van der Waals surface area contributed by atoms with Crippen LogP contribution in [0, 0.1) is 0 Å². The fraction of sp³-hybridized carbons (Fsp3) is 0.316. The van der Waals surface area contributed by atoms with E-state index < -0.39 is 11.5 Å². The normalized spacial score (nSPS) is 19.1. The molecule has 2 aromatic rings. The number of rotatable bonds is 5. The summed E-state index contributed by atoms with van der Waals surface area (Å²) >= 11 is 0. The van der Waals surface area contributed by atoms with E-state index in [1.165, 1.54) is 7.11 Å². The van der Waals surface area contributed by atoms with Crippen LogP contribution in [0.25, 0.3) is 0 Å². The Morgan fingerprint density at radius 3 is 2.52 bits per heavy atom. The van der Waals surface area contributed by atoms with Gasteiger partial charge in [-0.15, -0.1) is 0 Å². The molecule has 1 aliphatic rings. The summed E-state index contributed by atoms with van der Waals surface area (Å²) in [7, 11) is 3.04. The molecule has 0 saturated heterocycles. The largest absolute Gasteiger partial charge is 0.504 e. The molecular formula is C19H21NO5.